The Morgan fingerprint density at radius 2 is 1.70 bits per heavy atom. The number of anilines is 1. The molecule has 1 aromatic heterocycles. The summed E-state index contributed by atoms with van der Waals surface area (Å²) in [6.45, 7) is 4.35. The number of benzene rings is 1. The highest BCUT2D eigenvalue weighted by atomic mass is 35.5. The number of hydrogen-bond acceptors (Lipinski definition) is 5. The zero-order chi connectivity index (χ0) is 18.6. The Morgan fingerprint density at radius 1 is 1.00 bits per heavy atom. The minimum atomic E-state index is 0.447. The van der Waals surface area contributed by atoms with Crippen LogP contribution in [0, 0.1) is 0 Å². The van der Waals surface area contributed by atoms with Gasteiger partial charge in [0.15, 0.2) is 0 Å². The average Bonchev–Trinajstić information content (AvgIpc) is 2.72. The predicted molar refractivity (Wildman–Crippen MR) is 108 cm³/mol. The van der Waals surface area contributed by atoms with Crippen LogP contribution in [0.4, 0.5) is 5.95 Å². The third-order valence-corrected chi connectivity index (χ3v) is 6.05. The standard InChI is InChI=1S/C21H27ClN4O/c22-18-13-17(20(27)19(14-18)16-5-2-1-3-6-16)15-25-9-11-26(12-10-25)21-23-7-4-8-24-21/h4,7-8,13-14,16,27H,1-3,5-6,9-12,15H2. The summed E-state index contributed by atoms with van der Waals surface area (Å²) in [5.74, 6) is 1.70. The highest BCUT2D eigenvalue weighted by Crippen LogP contribution is 2.40. The van der Waals surface area contributed by atoms with Crippen LogP contribution < -0.4 is 4.90 Å². The van der Waals surface area contributed by atoms with Crippen molar-refractivity contribution in [2.75, 3.05) is 31.1 Å². The molecule has 2 heterocycles. The fourth-order valence-corrected chi connectivity index (χ4v) is 4.57. The first-order valence-corrected chi connectivity index (χ1v) is 10.3. The van der Waals surface area contributed by atoms with E-state index in [-0.39, 0.29) is 0 Å². The Hall–Kier alpha value is -1.85. The molecule has 1 aliphatic carbocycles. The Bertz CT molecular complexity index is 756. The van der Waals surface area contributed by atoms with Gasteiger partial charge in [-0.15, -0.1) is 0 Å². The molecule has 0 atom stereocenters. The van der Waals surface area contributed by atoms with Crippen molar-refractivity contribution in [3.05, 3.63) is 46.7 Å². The third-order valence-electron chi connectivity index (χ3n) is 5.83. The molecule has 0 amide bonds. The number of phenols is 1. The molecule has 1 N–H and O–H groups in total. The van der Waals surface area contributed by atoms with E-state index in [2.05, 4.69) is 19.8 Å². The summed E-state index contributed by atoms with van der Waals surface area (Å²) in [5, 5.41) is 11.6. The highest BCUT2D eigenvalue weighted by Gasteiger charge is 2.23. The van der Waals surface area contributed by atoms with Crippen molar-refractivity contribution in [1.82, 2.24) is 14.9 Å². The first-order valence-electron chi connectivity index (χ1n) is 9.96. The molecule has 6 heteroatoms. The molecule has 0 bridgehead atoms. The summed E-state index contributed by atoms with van der Waals surface area (Å²) >= 11 is 6.41. The van der Waals surface area contributed by atoms with E-state index >= 15 is 0 Å². The van der Waals surface area contributed by atoms with E-state index in [0.717, 1.165) is 67.7 Å². The number of aromatic hydroxyl groups is 1. The molecule has 4 rings (SSSR count). The maximum absolute atomic E-state index is 10.9. The van der Waals surface area contributed by atoms with Crippen LogP contribution in [0.1, 0.15) is 49.1 Å². The summed E-state index contributed by atoms with van der Waals surface area (Å²) in [6, 6.07) is 5.74. The van der Waals surface area contributed by atoms with Crippen LogP contribution in [0.5, 0.6) is 5.75 Å². The van der Waals surface area contributed by atoms with E-state index in [0.29, 0.717) is 11.7 Å². The van der Waals surface area contributed by atoms with Crippen LogP contribution in [-0.4, -0.2) is 46.2 Å². The van der Waals surface area contributed by atoms with Gasteiger partial charge >= 0.3 is 0 Å². The maximum Gasteiger partial charge on any atom is 0.225 e. The monoisotopic (exact) mass is 386 g/mol. The van der Waals surface area contributed by atoms with Gasteiger partial charge in [0.2, 0.25) is 5.95 Å². The van der Waals surface area contributed by atoms with Gasteiger partial charge in [-0.2, -0.15) is 0 Å². The molecule has 5 nitrogen and oxygen atoms in total. The quantitative estimate of drug-likeness (QED) is 0.853. The fraction of sp³-hybridized carbons (Fsp3) is 0.524. The Morgan fingerprint density at radius 3 is 2.41 bits per heavy atom. The lowest BCUT2D eigenvalue weighted by atomic mass is 9.83. The predicted octanol–water partition coefficient (Wildman–Crippen LogP) is 4.21. The van der Waals surface area contributed by atoms with Gasteiger partial charge in [-0.1, -0.05) is 30.9 Å². The van der Waals surface area contributed by atoms with Crippen molar-refractivity contribution in [2.24, 2.45) is 0 Å². The lowest BCUT2D eigenvalue weighted by molar-refractivity contribution is 0.245. The minimum Gasteiger partial charge on any atom is -0.507 e. The Balaban J connectivity index is 1.43. The molecule has 2 aliphatic rings. The second-order valence-corrected chi connectivity index (χ2v) is 8.09. The summed E-state index contributed by atoms with van der Waals surface area (Å²) in [7, 11) is 0. The molecule has 2 fully saturated rings. The van der Waals surface area contributed by atoms with Gasteiger partial charge in [0, 0.05) is 55.7 Å². The normalized spacial score (nSPS) is 19.4. The van der Waals surface area contributed by atoms with Crippen molar-refractivity contribution >= 4 is 17.5 Å². The van der Waals surface area contributed by atoms with Gasteiger partial charge in [0.05, 0.1) is 0 Å². The van der Waals surface area contributed by atoms with Crippen molar-refractivity contribution in [3.63, 3.8) is 0 Å². The number of halogens is 1. The topological polar surface area (TPSA) is 52.5 Å². The number of aromatic nitrogens is 2. The first kappa shape index (κ1) is 18.5. The van der Waals surface area contributed by atoms with E-state index in [4.69, 9.17) is 11.6 Å². The third kappa shape index (κ3) is 4.36. The number of hydrogen-bond donors (Lipinski definition) is 1. The zero-order valence-corrected chi connectivity index (χ0v) is 16.4. The smallest absolute Gasteiger partial charge is 0.225 e. The molecule has 1 saturated heterocycles. The molecule has 1 aromatic carbocycles. The molecule has 1 saturated carbocycles. The van der Waals surface area contributed by atoms with Gasteiger partial charge in [-0.3, -0.25) is 4.90 Å². The van der Waals surface area contributed by atoms with Crippen LogP contribution in [0.25, 0.3) is 0 Å². The SMILES string of the molecule is Oc1c(CN2CCN(c3ncccn3)CC2)cc(Cl)cc1C1CCCCC1. The second kappa shape index (κ2) is 8.44. The largest absolute Gasteiger partial charge is 0.507 e. The van der Waals surface area contributed by atoms with Crippen molar-refractivity contribution in [3.8, 4) is 5.75 Å². The lowest BCUT2D eigenvalue weighted by Crippen LogP contribution is -2.46. The van der Waals surface area contributed by atoms with Gasteiger partial charge < -0.3 is 10.0 Å². The molecule has 1 aliphatic heterocycles. The number of phenolic OH excluding ortho intramolecular Hbond substituents is 1. The fourth-order valence-electron chi connectivity index (χ4n) is 4.33. The van der Waals surface area contributed by atoms with E-state index < -0.39 is 0 Å². The van der Waals surface area contributed by atoms with Crippen LogP contribution in [0.2, 0.25) is 5.02 Å². The molecule has 2 aromatic rings. The average molecular weight is 387 g/mol. The summed E-state index contributed by atoms with van der Waals surface area (Å²) in [6.07, 6.45) is 9.67. The van der Waals surface area contributed by atoms with Crippen molar-refractivity contribution < 1.29 is 5.11 Å². The van der Waals surface area contributed by atoms with E-state index in [1.165, 1.54) is 19.3 Å². The van der Waals surface area contributed by atoms with Gasteiger partial charge in [0.1, 0.15) is 5.75 Å². The number of piperazine rings is 1. The van der Waals surface area contributed by atoms with Gasteiger partial charge in [-0.25, -0.2) is 9.97 Å². The second-order valence-electron chi connectivity index (χ2n) is 7.65. The maximum atomic E-state index is 10.9. The molecular formula is C21H27ClN4O. The zero-order valence-electron chi connectivity index (χ0n) is 15.6. The van der Waals surface area contributed by atoms with Crippen LogP contribution in [0.3, 0.4) is 0 Å². The van der Waals surface area contributed by atoms with E-state index in [9.17, 15) is 5.11 Å². The highest BCUT2D eigenvalue weighted by molar-refractivity contribution is 6.30. The minimum absolute atomic E-state index is 0.447. The van der Waals surface area contributed by atoms with E-state index in [1.54, 1.807) is 12.4 Å². The molecule has 0 radical (unpaired) electrons. The summed E-state index contributed by atoms with van der Waals surface area (Å²) in [5.41, 5.74) is 2.00. The van der Waals surface area contributed by atoms with Gasteiger partial charge in [0.25, 0.3) is 0 Å². The molecule has 0 unspecified atom stereocenters. The lowest BCUT2D eigenvalue weighted by Gasteiger charge is -2.35. The molecule has 27 heavy (non-hydrogen) atoms. The van der Waals surface area contributed by atoms with Crippen LogP contribution in [-0.2, 0) is 6.54 Å². The summed E-state index contributed by atoms with van der Waals surface area (Å²) < 4.78 is 0. The molecule has 144 valence electrons. The van der Waals surface area contributed by atoms with Crippen molar-refractivity contribution in [1.29, 1.82) is 0 Å². The number of rotatable bonds is 4. The summed E-state index contributed by atoms with van der Waals surface area (Å²) in [4.78, 5) is 13.3. The first-order chi connectivity index (χ1) is 13.2. The van der Waals surface area contributed by atoms with Crippen LogP contribution in [0.15, 0.2) is 30.6 Å². The molecule has 0 spiro atoms. The van der Waals surface area contributed by atoms with Gasteiger partial charge in [-0.05, 0) is 42.5 Å². The number of nitrogens with zero attached hydrogens (tertiary/aromatic N) is 4. The Kier molecular flexibility index (Phi) is 5.79. The van der Waals surface area contributed by atoms with Crippen LogP contribution >= 0.6 is 11.6 Å². The molecular weight excluding hydrogens is 360 g/mol. The Labute approximate surface area is 166 Å². The van der Waals surface area contributed by atoms with Crippen molar-refractivity contribution in [2.45, 2.75) is 44.6 Å². The van der Waals surface area contributed by atoms with E-state index in [1.807, 2.05) is 18.2 Å².